The summed E-state index contributed by atoms with van der Waals surface area (Å²) in [5.41, 5.74) is 0. The van der Waals surface area contributed by atoms with Crippen LogP contribution in [-0.2, 0) is 14.3 Å². The van der Waals surface area contributed by atoms with Crippen LogP contribution in [0.3, 0.4) is 0 Å². The van der Waals surface area contributed by atoms with Gasteiger partial charge in [-0.3, -0.25) is 9.59 Å². The molecule has 0 radical (unpaired) electrons. The summed E-state index contributed by atoms with van der Waals surface area (Å²) >= 11 is 0. The predicted molar refractivity (Wildman–Crippen MR) is 48.8 cm³/mol. The van der Waals surface area contributed by atoms with Gasteiger partial charge in [0.2, 0.25) is 0 Å². The molecule has 0 saturated heterocycles. The Bertz CT molecular complexity index is 235. The molecule has 0 amide bonds. The highest BCUT2D eigenvalue weighted by Gasteiger charge is 2.08. The van der Waals surface area contributed by atoms with Gasteiger partial charge in [-0.1, -0.05) is 12.7 Å². The third-order valence-corrected chi connectivity index (χ3v) is 1.25. The summed E-state index contributed by atoms with van der Waals surface area (Å²) in [5, 5.41) is 0. The van der Waals surface area contributed by atoms with Gasteiger partial charge < -0.3 is 4.74 Å². The SMILES string of the molecule is C#CCCC(=O)CC(=O)OCC=C. The molecule has 0 aromatic heterocycles. The topological polar surface area (TPSA) is 43.4 Å². The Labute approximate surface area is 77.8 Å². The van der Waals surface area contributed by atoms with Crippen molar-refractivity contribution in [3.63, 3.8) is 0 Å². The standard InChI is InChI=1S/C10H12O3/c1-3-5-6-9(11)8-10(12)13-7-4-2/h1,4H,2,5-8H2. The fourth-order valence-electron chi connectivity index (χ4n) is 0.664. The molecule has 0 aliphatic heterocycles. The van der Waals surface area contributed by atoms with E-state index in [1.54, 1.807) is 0 Å². The number of hydrogen-bond acceptors (Lipinski definition) is 3. The van der Waals surface area contributed by atoms with Gasteiger partial charge in [-0.05, 0) is 0 Å². The Morgan fingerprint density at radius 1 is 1.54 bits per heavy atom. The quantitative estimate of drug-likeness (QED) is 0.266. The molecule has 3 nitrogen and oxygen atoms in total. The fourth-order valence-corrected chi connectivity index (χ4v) is 0.664. The highest BCUT2D eigenvalue weighted by atomic mass is 16.5. The van der Waals surface area contributed by atoms with Crippen molar-refractivity contribution in [2.75, 3.05) is 6.61 Å². The number of terminal acetylenes is 1. The molecular formula is C10H12O3. The maximum atomic E-state index is 11.0. The first kappa shape index (κ1) is 11.4. The van der Waals surface area contributed by atoms with Crippen LogP contribution < -0.4 is 0 Å². The molecular weight excluding hydrogens is 168 g/mol. The molecule has 3 heteroatoms. The van der Waals surface area contributed by atoms with E-state index in [-0.39, 0.29) is 25.2 Å². The highest BCUT2D eigenvalue weighted by Crippen LogP contribution is 1.96. The van der Waals surface area contributed by atoms with Crippen LogP contribution in [0.1, 0.15) is 19.3 Å². The van der Waals surface area contributed by atoms with E-state index in [9.17, 15) is 9.59 Å². The highest BCUT2D eigenvalue weighted by molar-refractivity contribution is 5.95. The van der Waals surface area contributed by atoms with Gasteiger partial charge in [0.1, 0.15) is 18.8 Å². The van der Waals surface area contributed by atoms with E-state index in [0.717, 1.165) is 0 Å². The lowest BCUT2D eigenvalue weighted by molar-refractivity contribution is -0.144. The van der Waals surface area contributed by atoms with E-state index in [1.165, 1.54) is 6.08 Å². The number of carbonyl (C=O) groups is 2. The van der Waals surface area contributed by atoms with Crippen LogP contribution in [0.5, 0.6) is 0 Å². The summed E-state index contributed by atoms with van der Waals surface area (Å²) in [5.74, 6) is 1.61. The van der Waals surface area contributed by atoms with Gasteiger partial charge in [0, 0.05) is 12.8 Å². The van der Waals surface area contributed by atoms with Crippen molar-refractivity contribution in [2.24, 2.45) is 0 Å². The molecule has 0 fully saturated rings. The van der Waals surface area contributed by atoms with E-state index >= 15 is 0 Å². The molecule has 0 unspecified atom stereocenters. The second kappa shape index (κ2) is 7.11. The van der Waals surface area contributed by atoms with Crippen molar-refractivity contribution in [1.29, 1.82) is 0 Å². The van der Waals surface area contributed by atoms with Crippen LogP contribution in [0.2, 0.25) is 0 Å². The molecule has 0 N–H and O–H groups in total. The molecule has 0 aromatic rings. The second-order valence-corrected chi connectivity index (χ2v) is 2.39. The first-order chi connectivity index (χ1) is 6.20. The lowest BCUT2D eigenvalue weighted by Crippen LogP contribution is -2.10. The monoisotopic (exact) mass is 180 g/mol. The Hall–Kier alpha value is -1.56. The minimum Gasteiger partial charge on any atom is -0.461 e. The first-order valence-electron chi connectivity index (χ1n) is 3.92. The molecule has 0 rings (SSSR count). The molecule has 0 aromatic carbocycles. The van der Waals surface area contributed by atoms with Crippen LogP contribution in [-0.4, -0.2) is 18.4 Å². The largest absolute Gasteiger partial charge is 0.461 e. The predicted octanol–water partition coefficient (Wildman–Crippen LogP) is 1.09. The Kier molecular flexibility index (Phi) is 6.26. The summed E-state index contributed by atoms with van der Waals surface area (Å²) in [6.45, 7) is 3.51. The van der Waals surface area contributed by atoms with Gasteiger partial charge >= 0.3 is 5.97 Å². The summed E-state index contributed by atoms with van der Waals surface area (Å²) < 4.78 is 4.61. The lowest BCUT2D eigenvalue weighted by atomic mass is 10.2. The van der Waals surface area contributed by atoms with Gasteiger partial charge in [-0.2, -0.15) is 0 Å². The first-order valence-corrected chi connectivity index (χ1v) is 3.92. The minimum atomic E-state index is -0.526. The van der Waals surface area contributed by atoms with Crippen LogP contribution in [0.15, 0.2) is 12.7 Å². The van der Waals surface area contributed by atoms with Crippen molar-refractivity contribution in [2.45, 2.75) is 19.3 Å². The lowest BCUT2D eigenvalue weighted by Gasteiger charge is -1.99. The normalized spacial score (nSPS) is 8.54. The zero-order valence-corrected chi connectivity index (χ0v) is 7.41. The van der Waals surface area contributed by atoms with E-state index in [0.29, 0.717) is 6.42 Å². The van der Waals surface area contributed by atoms with Crippen molar-refractivity contribution in [3.05, 3.63) is 12.7 Å². The van der Waals surface area contributed by atoms with Crippen LogP contribution >= 0.6 is 0 Å². The zero-order valence-electron chi connectivity index (χ0n) is 7.41. The molecule has 0 heterocycles. The molecule has 0 saturated carbocycles. The summed E-state index contributed by atoms with van der Waals surface area (Å²) in [6.07, 6.45) is 6.81. The molecule has 0 aliphatic rings. The number of hydrogen-bond donors (Lipinski definition) is 0. The second-order valence-electron chi connectivity index (χ2n) is 2.39. The Morgan fingerprint density at radius 3 is 2.77 bits per heavy atom. The van der Waals surface area contributed by atoms with E-state index in [4.69, 9.17) is 6.42 Å². The minimum absolute atomic E-state index is 0.140. The third-order valence-electron chi connectivity index (χ3n) is 1.25. The number of ketones is 1. The molecule has 0 aliphatic carbocycles. The van der Waals surface area contributed by atoms with Crippen LogP contribution in [0, 0.1) is 12.3 Å². The van der Waals surface area contributed by atoms with Gasteiger partial charge in [0.25, 0.3) is 0 Å². The zero-order chi connectivity index (χ0) is 10.1. The van der Waals surface area contributed by atoms with Gasteiger partial charge in [0.05, 0.1) is 0 Å². The average molecular weight is 180 g/mol. The van der Waals surface area contributed by atoms with Crippen LogP contribution in [0.25, 0.3) is 0 Å². The molecule has 0 atom stereocenters. The number of Topliss-reactive ketones (excluding diaryl/α,β-unsaturated/α-hetero) is 1. The van der Waals surface area contributed by atoms with Crippen molar-refractivity contribution in [1.82, 2.24) is 0 Å². The molecule has 13 heavy (non-hydrogen) atoms. The Morgan fingerprint density at radius 2 is 2.23 bits per heavy atom. The maximum absolute atomic E-state index is 11.0. The maximum Gasteiger partial charge on any atom is 0.313 e. The van der Waals surface area contributed by atoms with Gasteiger partial charge in [0.15, 0.2) is 0 Å². The molecule has 0 spiro atoms. The van der Waals surface area contributed by atoms with Crippen molar-refractivity contribution >= 4 is 11.8 Å². The smallest absolute Gasteiger partial charge is 0.313 e. The third kappa shape index (κ3) is 6.82. The Balaban J connectivity index is 3.60. The van der Waals surface area contributed by atoms with Gasteiger partial charge in [-0.15, -0.1) is 12.3 Å². The van der Waals surface area contributed by atoms with E-state index < -0.39 is 5.97 Å². The van der Waals surface area contributed by atoms with E-state index in [1.807, 2.05) is 0 Å². The van der Waals surface area contributed by atoms with Crippen molar-refractivity contribution < 1.29 is 14.3 Å². The number of carbonyl (C=O) groups excluding carboxylic acids is 2. The summed E-state index contributed by atoms with van der Waals surface area (Å²) in [7, 11) is 0. The van der Waals surface area contributed by atoms with Gasteiger partial charge in [-0.25, -0.2) is 0 Å². The average Bonchev–Trinajstić information content (AvgIpc) is 2.11. The van der Waals surface area contributed by atoms with E-state index in [2.05, 4.69) is 17.2 Å². The number of ether oxygens (including phenoxy) is 1. The molecule has 0 bridgehead atoms. The fraction of sp³-hybridized carbons (Fsp3) is 0.400. The van der Waals surface area contributed by atoms with Crippen LogP contribution in [0.4, 0.5) is 0 Å². The summed E-state index contributed by atoms with van der Waals surface area (Å²) in [6, 6.07) is 0. The summed E-state index contributed by atoms with van der Waals surface area (Å²) in [4.78, 5) is 21.8. The molecule has 70 valence electrons. The number of esters is 1. The number of rotatable bonds is 6. The van der Waals surface area contributed by atoms with Crippen molar-refractivity contribution in [3.8, 4) is 12.3 Å².